The summed E-state index contributed by atoms with van der Waals surface area (Å²) in [6.07, 6.45) is 3.51. The van der Waals surface area contributed by atoms with E-state index in [4.69, 9.17) is 9.84 Å². The van der Waals surface area contributed by atoms with E-state index in [9.17, 15) is 4.79 Å². The van der Waals surface area contributed by atoms with E-state index in [1.54, 1.807) is 0 Å². The van der Waals surface area contributed by atoms with Crippen LogP contribution in [0.15, 0.2) is 0 Å². The van der Waals surface area contributed by atoms with Crippen molar-refractivity contribution >= 4 is 5.97 Å². The monoisotopic (exact) mass is 172 g/mol. The van der Waals surface area contributed by atoms with Crippen LogP contribution in [0, 0.1) is 5.41 Å². The second kappa shape index (κ2) is 3.90. The fourth-order valence-electron chi connectivity index (χ4n) is 1.04. The van der Waals surface area contributed by atoms with Crippen molar-refractivity contribution in [3.8, 4) is 0 Å². The number of hydrogen-bond donors (Lipinski definition) is 1. The maximum absolute atomic E-state index is 11.3. The highest BCUT2D eigenvalue weighted by atomic mass is 16.5. The third-order valence-corrected chi connectivity index (χ3v) is 2.32. The predicted octanol–water partition coefficient (Wildman–Crippen LogP) is 1.10. The van der Waals surface area contributed by atoms with Crippen molar-refractivity contribution in [2.24, 2.45) is 5.41 Å². The van der Waals surface area contributed by atoms with Gasteiger partial charge in [0.25, 0.3) is 0 Å². The molecule has 3 heteroatoms. The fraction of sp³-hybridized carbons (Fsp3) is 0.889. The lowest BCUT2D eigenvalue weighted by molar-refractivity contribution is -0.151. The summed E-state index contributed by atoms with van der Waals surface area (Å²) in [5.74, 6) is -0.210. The van der Waals surface area contributed by atoms with Gasteiger partial charge in [-0.1, -0.05) is 13.3 Å². The summed E-state index contributed by atoms with van der Waals surface area (Å²) < 4.78 is 5.00. The molecule has 0 bridgehead atoms. The van der Waals surface area contributed by atoms with E-state index in [1.807, 2.05) is 6.92 Å². The second-order valence-electron chi connectivity index (χ2n) is 3.43. The van der Waals surface area contributed by atoms with Crippen molar-refractivity contribution in [3.05, 3.63) is 0 Å². The minimum Gasteiger partial charge on any atom is -0.465 e. The Labute approximate surface area is 72.7 Å². The van der Waals surface area contributed by atoms with E-state index in [1.165, 1.54) is 0 Å². The zero-order chi connectivity index (χ0) is 9.03. The first kappa shape index (κ1) is 9.52. The highest BCUT2D eigenvalue weighted by Gasteiger charge is 2.50. The average Bonchev–Trinajstić information content (AvgIpc) is 2.85. The molecule has 1 saturated carbocycles. The molecule has 0 spiro atoms. The Morgan fingerprint density at radius 2 is 2.25 bits per heavy atom. The van der Waals surface area contributed by atoms with E-state index in [2.05, 4.69) is 0 Å². The van der Waals surface area contributed by atoms with Crippen molar-refractivity contribution in [3.63, 3.8) is 0 Å². The van der Waals surface area contributed by atoms with E-state index < -0.39 is 5.41 Å². The second-order valence-corrected chi connectivity index (χ2v) is 3.43. The van der Waals surface area contributed by atoms with Crippen LogP contribution in [-0.4, -0.2) is 24.3 Å². The van der Waals surface area contributed by atoms with Crippen molar-refractivity contribution in [1.82, 2.24) is 0 Å². The Bertz CT molecular complexity index is 161. The Hall–Kier alpha value is -0.570. The largest absolute Gasteiger partial charge is 0.465 e. The van der Waals surface area contributed by atoms with Gasteiger partial charge in [-0.2, -0.15) is 0 Å². The first-order valence-corrected chi connectivity index (χ1v) is 4.53. The molecule has 0 aliphatic heterocycles. The van der Waals surface area contributed by atoms with E-state index in [-0.39, 0.29) is 12.6 Å². The van der Waals surface area contributed by atoms with Crippen molar-refractivity contribution in [2.75, 3.05) is 13.2 Å². The Balaban J connectivity index is 2.20. The molecule has 0 unspecified atom stereocenters. The molecule has 12 heavy (non-hydrogen) atoms. The molecule has 0 radical (unpaired) electrons. The lowest BCUT2D eigenvalue weighted by Gasteiger charge is -2.10. The number of unbranched alkanes of at least 4 members (excludes halogenated alkanes) is 1. The molecule has 3 nitrogen and oxygen atoms in total. The van der Waals surface area contributed by atoms with Crippen molar-refractivity contribution < 1.29 is 14.6 Å². The van der Waals surface area contributed by atoms with Gasteiger partial charge >= 0.3 is 5.97 Å². The van der Waals surface area contributed by atoms with Crippen LogP contribution in [0.2, 0.25) is 0 Å². The van der Waals surface area contributed by atoms with Gasteiger partial charge in [-0.05, 0) is 19.3 Å². The van der Waals surface area contributed by atoms with Crippen LogP contribution >= 0.6 is 0 Å². The summed E-state index contributed by atoms with van der Waals surface area (Å²) in [5.41, 5.74) is -0.506. The summed E-state index contributed by atoms with van der Waals surface area (Å²) in [5, 5.41) is 8.88. The van der Waals surface area contributed by atoms with Gasteiger partial charge in [-0.25, -0.2) is 0 Å². The normalized spacial score (nSPS) is 18.8. The number of carbonyl (C=O) groups is 1. The molecular weight excluding hydrogens is 156 g/mol. The highest BCUT2D eigenvalue weighted by Crippen LogP contribution is 2.46. The van der Waals surface area contributed by atoms with Crippen LogP contribution in [0.25, 0.3) is 0 Å². The maximum Gasteiger partial charge on any atom is 0.314 e. The van der Waals surface area contributed by atoms with Gasteiger partial charge < -0.3 is 9.84 Å². The number of hydrogen-bond acceptors (Lipinski definition) is 3. The quantitative estimate of drug-likeness (QED) is 0.499. The van der Waals surface area contributed by atoms with Gasteiger partial charge in [0, 0.05) is 0 Å². The van der Waals surface area contributed by atoms with Crippen LogP contribution < -0.4 is 0 Å². The van der Waals surface area contributed by atoms with E-state index >= 15 is 0 Å². The summed E-state index contributed by atoms with van der Waals surface area (Å²) in [7, 11) is 0. The van der Waals surface area contributed by atoms with E-state index in [0.29, 0.717) is 6.61 Å². The standard InChI is InChI=1S/C9H16O3/c1-2-3-6-12-8(11)9(7-10)4-5-9/h10H,2-7H2,1H3. The molecule has 0 atom stereocenters. The minimum atomic E-state index is -0.506. The van der Waals surface area contributed by atoms with Crippen molar-refractivity contribution in [1.29, 1.82) is 0 Å². The maximum atomic E-state index is 11.3. The van der Waals surface area contributed by atoms with Crippen LogP contribution in [0.5, 0.6) is 0 Å². The zero-order valence-corrected chi connectivity index (χ0v) is 7.51. The molecule has 1 aliphatic carbocycles. The highest BCUT2D eigenvalue weighted by molar-refractivity contribution is 5.79. The number of rotatable bonds is 5. The third-order valence-electron chi connectivity index (χ3n) is 2.32. The smallest absolute Gasteiger partial charge is 0.314 e. The molecule has 1 aliphatic rings. The summed E-state index contributed by atoms with van der Waals surface area (Å²) in [6.45, 7) is 2.49. The molecule has 0 aromatic rings. The van der Waals surface area contributed by atoms with Gasteiger partial charge in [0.15, 0.2) is 0 Å². The Kier molecular flexibility index (Phi) is 3.09. The van der Waals surface area contributed by atoms with Gasteiger partial charge in [0.2, 0.25) is 0 Å². The molecule has 0 saturated heterocycles. The van der Waals surface area contributed by atoms with E-state index in [0.717, 1.165) is 25.7 Å². The molecule has 1 N–H and O–H groups in total. The molecule has 0 aromatic heterocycles. The SMILES string of the molecule is CCCCOC(=O)C1(CO)CC1. The summed E-state index contributed by atoms with van der Waals surface area (Å²) in [4.78, 5) is 11.3. The van der Waals surface area contributed by atoms with Crippen molar-refractivity contribution in [2.45, 2.75) is 32.6 Å². The molecular formula is C9H16O3. The first-order chi connectivity index (χ1) is 5.75. The molecule has 0 aromatic carbocycles. The number of aliphatic hydroxyl groups is 1. The topological polar surface area (TPSA) is 46.5 Å². The minimum absolute atomic E-state index is 0.0576. The number of aliphatic hydroxyl groups excluding tert-OH is 1. The van der Waals surface area contributed by atoms with Crippen LogP contribution in [0.4, 0.5) is 0 Å². The predicted molar refractivity (Wildman–Crippen MR) is 44.6 cm³/mol. The number of ether oxygens (including phenoxy) is 1. The Morgan fingerprint density at radius 1 is 1.58 bits per heavy atom. The lowest BCUT2D eigenvalue weighted by atomic mass is 10.1. The third kappa shape index (κ3) is 1.97. The molecule has 0 heterocycles. The van der Waals surface area contributed by atoms with Crippen LogP contribution in [-0.2, 0) is 9.53 Å². The lowest BCUT2D eigenvalue weighted by Crippen LogP contribution is -2.22. The zero-order valence-electron chi connectivity index (χ0n) is 7.51. The van der Waals surface area contributed by atoms with Crippen LogP contribution in [0.1, 0.15) is 32.6 Å². The van der Waals surface area contributed by atoms with Crippen LogP contribution in [0.3, 0.4) is 0 Å². The van der Waals surface area contributed by atoms with Gasteiger partial charge in [-0.15, -0.1) is 0 Å². The molecule has 1 rings (SSSR count). The summed E-state index contributed by atoms with van der Waals surface area (Å²) in [6, 6.07) is 0. The number of esters is 1. The molecule has 0 amide bonds. The fourth-order valence-corrected chi connectivity index (χ4v) is 1.04. The number of carbonyl (C=O) groups excluding carboxylic acids is 1. The van der Waals surface area contributed by atoms with Gasteiger partial charge in [-0.3, -0.25) is 4.79 Å². The average molecular weight is 172 g/mol. The molecule has 1 fully saturated rings. The summed E-state index contributed by atoms with van der Waals surface area (Å²) >= 11 is 0. The van der Waals surface area contributed by atoms with Gasteiger partial charge in [0.1, 0.15) is 0 Å². The van der Waals surface area contributed by atoms with Gasteiger partial charge in [0.05, 0.1) is 18.6 Å². The first-order valence-electron chi connectivity index (χ1n) is 4.53. The Morgan fingerprint density at radius 3 is 2.67 bits per heavy atom. The molecule has 70 valence electrons.